The number of epoxide rings is 1. The van der Waals surface area contributed by atoms with Crippen molar-refractivity contribution in [1.29, 1.82) is 0 Å². The largest absolute Gasteiger partial charge is 0.444 e. The molecule has 9 heteroatoms. The molecule has 3 unspecified atom stereocenters. The predicted octanol–water partition coefficient (Wildman–Crippen LogP) is 2.52. The van der Waals surface area contributed by atoms with E-state index in [-0.39, 0.29) is 12.3 Å². The summed E-state index contributed by atoms with van der Waals surface area (Å²) in [5.41, 5.74) is -0.686. The first kappa shape index (κ1) is 28.3. The first-order valence-corrected chi connectivity index (χ1v) is 12.1. The number of ether oxygens (including phenoxy) is 2. The molecule has 0 bridgehead atoms. The van der Waals surface area contributed by atoms with E-state index in [2.05, 4.69) is 22.9 Å². The minimum absolute atomic E-state index is 0.212. The quantitative estimate of drug-likeness (QED) is 0.458. The minimum atomic E-state index is -0.900. The molecule has 3 rings (SSSR count). The first-order chi connectivity index (χ1) is 16.3. The molecule has 0 aromatic heterocycles. The second kappa shape index (κ2) is 12.2. The molecule has 194 valence electrons. The van der Waals surface area contributed by atoms with Crippen molar-refractivity contribution >= 4 is 23.7 Å². The van der Waals surface area contributed by atoms with Crippen LogP contribution in [-0.2, 0) is 30.3 Å². The maximum atomic E-state index is 12.8. The standard InChI is InChI=1S/C22H31N3O6.C4H8/c1-14(24-20(29)31-21(2,3)4)19(28)23-12-17(26)25-16(18(27)22(5)13-30-22)11-15-9-7-6-8-10-15;1-4-2-3-4/h6-10,14,16H,11-13H2,1-5H3,(H,23,28)(H,24,29)(H,25,26);4H,2-3H2,1H3. The van der Waals surface area contributed by atoms with Gasteiger partial charge in [-0.25, -0.2) is 4.79 Å². The highest BCUT2D eigenvalue weighted by atomic mass is 16.6. The van der Waals surface area contributed by atoms with Crippen LogP contribution in [0.4, 0.5) is 4.79 Å². The fourth-order valence-corrected chi connectivity index (χ4v) is 2.96. The van der Waals surface area contributed by atoms with Crippen LogP contribution in [0.15, 0.2) is 30.3 Å². The summed E-state index contributed by atoms with van der Waals surface area (Å²) in [5, 5.41) is 7.54. The summed E-state index contributed by atoms with van der Waals surface area (Å²) in [6.07, 6.45) is 2.56. The number of hydrogen-bond acceptors (Lipinski definition) is 6. The van der Waals surface area contributed by atoms with Crippen LogP contribution in [0.25, 0.3) is 0 Å². The monoisotopic (exact) mass is 489 g/mol. The van der Waals surface area contributed by atoms with E-state index in [0.717, 1.165) is 11.5 Å². The van der Waals surface area contributed by atoms with Crippen LogP contribution in [0.3, 0.4) is 0 Å². The van der Waals surface area contributed by atoms with Gasteiger partial charge >= 0.3 is 6.09 Å². The molecule has 0 radical (unpaired) electrons. The van der Waals surface area contributed by atoms with Gasteiger partial charge in [-0.05, 0) is 52.5 Å². The highest BCUT2D eigenvalue weighted by Crippen LogP contribution is 2.29. The van der Waals surface area contributed by atoms with Gasteiger partial charge in [-0.3, -0.25) is 14.4 Å². The van der Waals surface area contributed by atoms with Gasteiger partial charge in [0.1, 0.15) is 17.2 Å². The van der Waals surface area contributed by atoms with Gasteiger partial charge in [0, 0.05) is 0 Å². The summed E-state index contributed by atoms with van der Waals surface area (Å²) in [4.78, 5) is 49.1. The fraction of sp³-hybridized carbons (Fsp3) is 0.615. The van der Waals surface area contributed by atoms with Crippen molar-refractivity contribution in [3.05, 3.63) is 35.9 Å². The minimum Gasteiger partial charge on any atom is -0.444 e. The van der Waals surface area contributed by atoms with E-state index in [0.29, 0.717) is 13.0 Å². The van der Waals surface area contributed by atoms with Crippen molar-refractivity contribution in [2.24, 2.45) is 5.92 Å². The van der Waals surface area contributed by atoms with Crippen LogP contribution in [0.2, 0.25) is 0 Å². The van der Waals surface area contributed by atoms with Gasteiger partial charge in [-0.15, -0.1) is 0 Å². The molecule has 0 spiro atoms. The van der Waals surface area contributed by atoms with E-state index in [1.807, 2.05) is 30.3 Å². The highest BCUT2D eigenvalue weighted by Gasteiger charge is 2.50. The van der Waals surface area contributed by atoms with E-state index in [4.69, 9.17) is 9.47 Å². The van der Waals surface area contributed by atoms with Gasteiger partial charge in [0.25, 0.3) is 0 Å². The first-order valence-electron chi connectivity index (χ1n) is 12.1. The molecule has 1 heterocycles. The number of carbonyl (C=O) groups excluding carboxylic acids is 4. The van der Waals surface area contributed by atoms with Crippen molar-refractivity contribution in [1.82, 2.24) is 16.0 Å². The number of hydrogen-bond donors (Lipinski definition) is 3. The molecule has 1 aromatic carbocycles. The zero-order valence-electron chi connectivity index (χ0n) is 21.6. The summed E-state index contributed by atoms with van der Waals surface area (Å²) in [6, 6.07) is 7.63. The van der Waals surface area contributed by atoms with Crippen molar-refractivity contribution < 1.29 is 28.7 Å². The maximum absolute atomic E-state index is 12.8. The number of Topliss-reactive ketones (excluding diaryl/α,β-unsaturated/α-hetero) is 1. The molecule has 1 aliphatic heterocycles. The van der Waals surface area contributed by atoms with Crippen molar-refractivity contribution in [3.63, 3.8) is 0 Å². The lowest BCUT2D eigenvalue weighted by atomic mass is 9.95. The summed E-state index contributed by atoms with van der Waals surface area (Å²) in [5.74, 6) is -0.197. The molecule has 1 saturated heterocycles. The molecule has 2 aliphatic rings. The van der Waals surface area contributed by atoms with Gasteiger partial charge in [0.2, 0.25) is 11.8 Å². The molecule has 2 fully saturated rings. The van der Waals surface area contributed by atoms with Gasteiger partial charge in [0.05, 0.1) is 19.2 Å². The van der Waals surface area contributed by atoms with Gasteiger partial charge < -0.3 is 25.4 Å². The fourth-order valence-electron chi connectivity index (χ4n) is 2.96. The lowest BCUT2D eigenvalue weighted by molar-refractivity contribution is -0.131. The number of rotatable bonds is 9. The Hall–Kier alpha value is -2.94. The van der Waals surface area contributed by atoms with Gasteiger partial charge in [0.15, 0.2) is 5.78 Å². The average molecular weight is 490 g/mol. The Balaban J connectivity index is 0.000000975. The molecule has 1 aliphatic carbocycles. The molecular formula is C26H39N3O6. The van der Waals surface area contributed by atoms with Crippen LogP contribution in [0.5, 0.6) is 0 Å². The van der Waals surface area contributed by atoms with E-state index in [1.165, 1.54) is 19.8 Å². The second-order valence-corrected chi connectivity index (χ2v) is 10.5. The third-order valence-electron chi connectivity index (χ3n) is 5.45. The highest BCUT2D eigenvalue weighted by molar-refractivity contribution is 5.97. The van der Waals surface area contributed by atoms with E-state index >= 15 is 0 Å². The Morgan fingerprint density at radius 3 is 2.17 bits per heavy atom. The number of amides is 3. The molecule has 1 saturated carbocycles. The third kappa shape index (κ3) is 10.9. The molecule has 1 aromatic rings. The van der Waals surface area contributed by atoms with Gasteiger partial charge in [-0.2, -0.15) is 0 Å². The predicted molar refractivity (Wildman–Crippen MR) is 132 cm³/mol. The third-order valence-corrected chi connectivity index (χ3v) is 5.45. The summed E-state index contributed by atoms with van der Waals surface area (Å²) in [7, 11) is 0. The number of benzene rings is 1. The molecule has 3 amide bonds. The normalized spacial score (nSPS) is 20.3. The Labute approximate surface area is 207 Å². The zero-order chi connectivity index (χ0) is 26.2. The number of alkyl carbamates (subject to hydrolysis) is 1. The smallest absolute Gasteiger partial charge is 0.408 e. The van der Waals surface area contributed by atoms with E-state index < -0.39 is 41.2 Å². The molecule has 3 N–H and O–H groups in total. The van der Waals surface area contributed by atoms with Gasteiger partial charge in [-0.1, -0.05) is 50.1 Å². The summed E-state index contributed by atoms with van der Waals surface area (Å²) >= 11 is 0. The second-order valence-electron chi connectivity index (χ2n) is 10.5. The average Bonchev–Trinajstić information content (AvgIpc) is 3.70. The Kier molecular flexibility index (Phi) is 9.82. The lowest BCUT2D eigenvalue weighted by Gasteiger charge is -2.22. The van der Waals surface area contributed by atoms with Crippen LogP contribution in [-0.4, -0.2) is 60.1 Å². The molecule has 9 nitrogen and oxygen atoms in total. The summed E-state index contributed by atoms with van der Waals surface area (Å²) in [6.45, 7) is 10.5. The van der Waals surface area contributed by atoms with Crippen LogP contribution in [0.1, 0.15) is 59.9 Å². The van der Waals surface area contributed by atoms with E-state index in [1.54, 1.807) is 27.7 Å². The molecule has 3 atom stereocenters. The van der Waals surface area contributed by atoms with E-state index in [9.17, 15) is 19.2 Å². The molecule has 35 heavy (non-hydrogen) atoms. The number of nitrogens with one attached hydrogen (secondary N) is 3. The topological polar surface area (TPSA) is 126 Å². The Bertz CT molecular complexity index is 888. The van der Waals surface area contributed by atoms with Crippen molar-refractivity contribution in [2.75, 3.05) is 13.2 Å². The van der Waals surface area contributed by atoms with Crippen molar-refractivity contribution in [3.8, 4) is 0 Å². The SMILES string of the molecule is CC(NC(=O)OC(C)(C)C)C(=O)NCC(=O)NC(Cc1ccccc1)C(=O)C1(C)CO1.CC1CC1. The van der Waals surface area contributed by atoms with Crippen molar-refractivity contribution in [2.45, 2.75) is 84.1 Å². The number of ketones is 1. The summed E-state index contributed by atoms with van der Waals surface area (Å²) < 4.78 is 10.3. The zero-order valence-corrected chi connectivity index (χ0v) is 21.6. The Morgan fingerprint density at radius 2 is 1.69 bits per heavy atom. The van der Waals surface area contributed by atoms with Crippen LogP contribution in [0, 0.1) is 5.92 Å². The maximum Gasteiger partial charge on any atom is 0.408 e. The van der Waals surface area contributed by atoms with Crippen LogP contribution >= 0.6 is 0 Å². The molecular weight excluding hydrogens is 450 g/mol. The number of carbonyl (C=O) groups is 4. The Morgan fingerprint density at radius 1 is 1.11 bits per heavy atom. The lowest BCUT2D eigenvalue weighted by Crippen LogP contribution is -2.52. The van der Waals surface area contributed by atoms with Crippen LogP contribution < -0.4 is 16.0 Å².